The molecule has 0 atom stereocenters. The third-order valence-corrected chi connectivity index (χ3v) is 5.02. The van der Waals surface area contributed by atoms with Crippen molar-refractivity contribution in [2.45, 2.75) is 11.7 Å². The van der Waals surface area contributed by atoms with Crippen molar-refractivity contribution in [1.82, 2.24) is 0 Å². The van der Waals surface area contributed by atoms with Crippen molar-refractivity contribution in [2.75, 3.05) is 0 Å². The zero-order chi connectivity index (χ0) is 17.0. The number of rotatable bonds is 3. The van der Waals surface area contributed by atoms with E-state index >= 15 is 0 Å². The van der Waals surface area contributed by atoms with Crippen LogP contribution in [-0.4, -0.2) is 0 Å². The molecule has 0 aliphatic rings. The molecule has 2 rings (SSSR count). The molecule has 0 aromatic heterocycles. The molecule has 0 bridgehead atoms. The van der Waals surface area contributed by atoms with Crippen molar-refractivity contribution in [1.29, 1.82) is 10.5 Å². The number of thiol groups is 1. The van der Waals surface area contributed by atoms with Crippen molar-refractivity contribution >= 4 is 35.8 Å². The number of benzene rings is 2. The summed E-state index contributed by atoms with van der Waals surface area (Å²) in [6.45, 7) is 1.73. The maximum Gasteiger partial charge on any atom is 0.130 e. The molecule has 0 N–H and O–H groups in total. The summed E-state index contributed by atoms with van der Waals surface area (Å²) in [5.74, 6) is 0. The summed E-state index contributed by atoms with van der Waals surface area (Å²) in [5, 5.41) is 19.7. The first-order valence-electron chi connectivity index (χ1n) is 6.69. The minimum atomic E-state index is -0.935. The van der Waals surface area contributed by atoms with Gasteiger partial charge in [0.25, 0.3) is 0 Å². The van der Waals surface area contributed by atoms with Crippen molar-refractivity contribution in [3.05, 3.63) is 80.8 Å². The predicted octanol–water partition coefficient (Wildman–Crippen LogP) is 5.53. The van der Waals surface area contributed by atoms with E-state index in [2.05, 4.69) is 0 Å². The van der Waals surface area contributed by atoms with Crippen LogP contribution >= 0.6 is 35.8 Å². The molecule has 0 saturated carbocycles. The molecular weight excluding hydrogens is 347 g/mol. The molecule has 0 radical (unpaired) electrons. The van der Waals surface area contributed by atoms with Crippen molar-refractivity contribution in [2.24, 2.45) is 0 Å². The van der Waals surface area contributed by atoms with E-state index in [4.69, 9.17) is 35.8 Å². The van der Waals surface area contributed by atoms with Gasteiger partial charge in [-0.3, -0.25) is 0 Å². The van der Waals surface area contributed by atoms with Gasteiger partial charge in [-0.1, -0.05) is 47.5 Å². The normalized spacial score (nSPS) is 10.5. The van der Waals surface area contributed by atoms with Crippen LogP contribution in [0, 0.1) is 22.7 Å². The molecule has 0 aliphatic carbocycles. The Morgan fingerprint density at radius 2 is 1.22 bits per heavy atom. The Bertz CT molecular complexity index is 764. The molecule has 0 saturated heterocycles. The Balaban J connectivity index is 2.77. The highest BCUT2D eigenvalue weighted by atomic mass is 35.5. The van der Waals surface area contributed by atoms with Crippen LogP contribution in [0.1, 0.15) is 18.1 Å². The smallest absolute Gasteiger partial charge is 0.130 e. The highest BCUT2D eigenvalue weighted by Gasteiger charge is 2.34. The third kappa shape index (κ3) is 3.38. The molecule has 2 aromatic rings. The summed E-state index contributed by atoms with van der Waals surface area (Å²) >= 11 is 16.8. The number of hydrogen-bond acceptors (Lipinski definition) is 3. The van der Waals surface area contributed by atoms with E-state index in [1.165, 1.54) is 0 Å². The van der Waals surface area contributed by atoms with Gasteiger partial charge in [0, 0.05) is 10.0 Å². The zero-order valence-corrected chi connectivity index (χ0v) is 14.6. The summed E-state index contributed by atoms with van der Waals surface area (Å²) in [5.41, 5.74) is 2.21. The standard InChI is InChI=1S/C18H12Cl2N2S/c1-12(13(10-21)11-22)18(23,14-2-6-16(19)7-3-14)15-4-8-17(20)9-5-15/h2-9,23H,1H3. The van der Waals surface area contributed by atoms with E-state index in [0.29, 0.717) is 15.6 Å². The molecule has 0 spiro atoms. The van der Waals surface area contributed by atoms with Crippen LogP contribution in [-0.2, 0) is 4.75 Å². The van der Waals surface area contributed by atoms with E-state index in [9.17, 15) is 10.5 Å². The van der Waals surface area contributed by atoms with E-state index in [0.717, 1.165) is 11.1 Å². The highest BCUT2D eigenvalue weighted by molar-refractivity contribution is 7.81. The first-order valence-corrected chi connectivity index (χ1v) is 7.89. The molecule has 114 valence electrons. The van der Waals surface area contributed by atoms with Crippen molar-refractivity contribution < 1.29 is 0 Å². The maximum absolute atomic E-state index is 9.24. The molecular formula is C18H12Cl2N2S. The summed E-state index contributed by atoms with van der Waals surface area (Å²) < 4.78 is -0.935. The molecule has 23 heavy (non-hydrogen) atoms. The molecule has 5 heteroatoms. The fourth-order valence-electron chi connectivity index (χ4n) is 2.36. The average molecular weight is 359 g/mol. The zero-order valence-electron chi connectivity index (χ0n) is 12.2. The van der Waals surface area contributed by atoms with Crippen LogP contribution in [0.2, 0.25) is 10.0 Å². The number of halogens is 2. The highest BCUT2D eigenvalue weighted by Crippen LogP contribution is 2.44. The van der Waals surface area contributed by atoms with E-state index in [1.807, 2.05) is 36.4 Å². The third-order valence-electron chi connectivity index (χ3n) is 3.67. The topological polar surface area (TPSA) is 47.6 Å². The summed E-state index contributed by atoms with van der Waals surface area (Å²) in [7, 11) is 0. The molecule has 2 aromatic carbocycles. The average Bonchev–Trinajstić information content (AvgIpc) is 2.56. The predicted molar refractivity (Wildman–Crippen MR) is 96.6 cm³/mol. The quantitative estimate of drug-likeness (QED) is 0.579. The summed E-state index contributed by atoms with van der Waals surface area (Å²) in [6.07, 6.45) is 0. The second-order valence-electron chi connectivity index (χ2n) is 4.95. The molecule has 0 unspecified atom stereocenters. The molecule has 0 fully saturated rings. The van der Waals surface area contributed by atoms with Gasteiger partial charge in [-0.2, -0.15) is 23.2 Å². The summed E-state index contributed by atoms with van der Waals surface area (Å²) in [6, 6.07) is 18.2. The van der Waals surface area contributed by atoms with Crippen LogP contribution in [0.15, 0.2) is 59.7 Å². The first-order chi connectivity index (χ1) is 10.9. The molecule has 0 aliphatic heterocycles. The Kier molecular flexibility index (Phi) is 5.39. The van der Waals surface area contributed by atoms with Crippen molar-refractivity contribution in [3.8, 4) is 12.1 Å². The molecule has 0 amide bonds. The van der Waals surface area contributed by atoms with E-state index in [-0.39, 0.29) is 5.57 Å². The van der Waals surface area contributed by atoms with Gasteiger partial charge in [0.2, 0.25) is 0 Å². The minimum Gasteiger partial charge on any atom is -0.192 e. The fraction of sp³-hybridized carbons (Fsp3) is 0.111. The van der Waals surface area contributed by atoms with Crippen LogP contribution in [0.4, 0.5) is 0 Å². The molecule has 0 heterocycles. The first kappa shape index (κ1) is 17.4. The van der Waals surface area contributed by atoms with E-state index < -0.39 is 4.75 Å². The lowest BCUT2D eigenvalue weighted by atomic mass is 9.82. The van der Waals surface area contributed by atoms with Gasteiger partial charge < -0.3 is 0 Å². The lowest BCUT2D eigenvalue weighted by Gasteiger charge is -2.31. The number of hydrogen-bond donors (Lipinski definition) is 1. The van der Waals surface area contributed by atoms with Gasteiger partial charge >= 0.3 is 0 Å². The van der Waals surface area contributed by atoms with Gasteiger partial charge in [0.1, 0.15) is 17.7 Å². The van der Waals surface area contributed by atoms with Gasteiger partial charge in [-0.05, 0) is 47.9 Å². The minimum absolute atomic E-state index is 0.0323. The van der Waals surface area contributed by atoms with Gasteiger partial charge in [0.15, 0.2) is 0 Å². The number of allylic oxidation sites excluding steroid dienone is 1. The Morgan fingerprint density at radius 3 is 1.52 bits per heavy atom. The van der Waals surface area contributed by atoms with Crippen LogP contribution in [0.5, 0.6) is 0 Å². The second-order valence-corrected chi connectivity index (χ2v) is 6.49. The van der Waals surface area contributed by atoms with Gasteiger partial charge in [0.05, 0.1) is 4.75 Å². The number of nitrogens with zero attached hydrogens (tertiary/aromatic N) is 2. The largest absolute Gasteiger partial charge is 0.192 e. The Morgan fingerprint density at radius 1 is 0.870 bits per heavy atom. The lowest BCUT2D eigenvalue weighted by molar-refractivity contribution is 0.871. The Hall–Kier alpha value is -1.91. The Labute approximate surface area is 151 Å². The lowest BCUT2D eigenvalue weighted by Crippen LogP contribution is -2.23. The molecule has 2 nitrogen and oxygen atoms in total. The van der Waals surface area contributed by atoms with Crippen LogP contribution < -0.4 is 0 Å². The fourth-order valence-corrected chi connectivity index (χ4v) is 3.02. The van der Waals surface area contributed by atoms with E-state index in [1.54, 1.807) is 31.2 Å². The van der Waals surface area contributed by atoms with Gasteiger partial charge in [-0.15, -0.1) is 0 Å². The SMILES string of the molecule is CC(=C(C#N)C#N)C(S)(c1ccc(Cl)cc1)c1ccc(Cl)cc1. The monoisotopic (exact) mass is 358 g/mol. The van der Waals surface area contributed by atoms with Gasteiger partial charge in [-0.25, -0.2) is 0 Å². The number of nitriles is 2. The second kappa shape index (κ2) is 7.11. The summed E-state index contributed by atoms with van der Waals surface area (Å²) in [4.78, 5) is 0. The van der Waals surface area contributed by atoms with Crippen LogP contribution in [0.3, 0.4) is 0 Å². The van der Waals surface area contributed by atoms with Crippen molar-refractivity contribution in [3.63, 3.8) is 0 Å². The maximum atomic E-state index is 9.24. The van der Waals surface area contributed by atoms with Crippen LogP contribution in [0.25, 0.3) is 0 Å².